The maximum atomic E-state index is 13.2. The van der Waals surface area contributed by atoms with Crippen LogP contribution in [0.1, 0.15) is 31.2 Å². The minimum Gasteiger partial charge on any atom is -0.477 e. The number of fused-ring (bicyclic) bond motifs is 1. The summed E-state index contributed by atoms with van der Waals surface area (Å²) >= 11 is 3.37. The van der Waals surface area contributed by atoms with Gasteiger partial charge in [-0.25, -0.2) is 4.98 Å². The van der Waals surface area contributed by atoms with Crippen molar-refractivity contribution in [3.05, 3.63) is 72.7 Å². The molecular formula is C24H24BrN5O6. The first-order chi connectivity index (χ1) is 17.2. The first-order valence-electron chi connectivity index (χ1n) is 11.3. The van der Waals surface area contributed by atoms with E-state index in [0.717, 1.165) is 4.47 Å². The van der Waals surface area contributed by atoms with Gasteiger partial charge in [0.2, 0.25) is 0 Å². The molecule has 0 unspecified atom stereocenters. The summed E-state index contributed by atoms with van der Waals surface area (Å²) in [6, 6.07) is 9.50. The number of hydrogen-bond acceptors (Lipinski definition) is 8. The number of nitro groups is 1. The maximum absolute atomic E-state index is 13.2. The van der Waals surface area contributed by atoms with E-state index in [1.165, 1.54) is 23.0 Å². The Bertz CT molecular complexity index is 1400. The molecule has 1 aliphatic rings. The number of rotatable bonds is 7. The van der Waals surface area contributed by atoms with Crippen molar-refractivity contribution in [2.45, 2.75) is 19.8 Å². The first kappa shape index (κ1) is 25.5. The Labute approximate surface area is 214 Å². The van der Waals surface area contributed by atoms with Gasteiger partial charge in [-0.3, -0.25) is 19.7 Å². The Morgan fingerprint density at radius 1 is 1.28 bits per heavy atom. The summed E-state index contributed by atoms with van der Waals surface area (Å²) in [5.41, 5.74) is 0.273. The third-order valence-corrected chi connectivity index (χ3v) is 6.06. The highest BCUT2D eigenvalue weighted by Crippen LogP contribution is 2.28. The molecular weight excluding hydrogens is 534 g/mol. The molecule has 3 aromatic rings. The summed E-state index contributed by atoms with van der Waals surface area (Å²) in [4.78, 5) is 42.7. The molecule has 0 atom stereocenters. The van der Waals surface area contributed by atoms with Gasteiger partial charge in [0.25, 0.3) is 11.5 Å². The lowest BCUT2D eigenvalue weighted by atomic mass is 10.2. The van der Waals surface area contributed by atoms with Gasteiger partial charge in [-0.15, -0.1) is 0 Å². The van der Waals surface area contributed by atoms with Crippen LogP contribution in [0.2, 0.25) is 0 Å². The zero-order valence-electron chi connectivity index (χ0n) is 19.7. The van der Waals surface area contributed by atoms with E-state index in [-0.39, 0.29) is 35.4 Å². The molecule has 0 N–H and O–H groups in total. The van der Waals surface area contributed by atoms with Crippen molar-refractivity contribution in [3.63, 3.8) is 0 Å². The number of ether oxygens (including phenoxy) is 2. The SMILES string of the molecule is CC(C)c1nc2ccc(Br)cc2c(=O)n1N=Cc1ccc(OCC(=O)N2CCOCC2)c([N+](=O)[O-])c1. The van der Waals surface area contributed by atoms with Crippen LogP contribution in [0.3, 0.4) is 0 Å². The molecule has 2 aromatic carbocycles. The van der Waals surface area contributed by atoms with Crippen molar-refractivity contribution in [1.82, 2.24) is 14.6 Å². The fourth-order valence-electron chi connectivity index (χ4n) is 3.70. The van der Waals surface area contributed by atoms with Crippen molar-refractivity contribution in [2.75, 3.05) is 32.9 Å². The normalized spacial score (nSPS) is 14.1. The second-order valence-corrected chi connectivity index (χ2v) is 9.33. The monoisotopic (exact) mass is 557 g/mol. The molecule has 36 heavy (non-hydrogen) atoms. The number of carbonyl (C=O) groups is 1. The van der Waals surface area contributed by atoms with Gasteiger partial charge in [0, 0.05) is 35.1 Å². The molecule has 0 aliphatic carbocycles. The molecule has 2 heterocycles. The molecule has 1 fully saturated rings. The summed E-state index contributed by atoms with van der Waals surface area (Å²) in [6.07, 6.45) is 1.36. The van der Waals surface area contributed by atoms with Gasteiger partial charge in [0.05, 0.1) is 35.3 Å². The molecule has 1 amide bonds. The van der Waals surface area contributed by atoms with Crippen molar-refractivity contribution in [2.24, 2.45) is 5.10 Å². The summed E-state index contributed by atoms with van der Waals surface area (Å²) < 4.78 is 12.6. The number of carbonyl (C=O) groups excluding carboxylic acids is 1. The van der Waals surface area contributed by atoms with Crippen LogP contribution in [0, 0.1) is 10.1 Å². The summed E-state index contributed by atoms with van der Waals surface area (Å²) in [7, 11) is 0. The number of aromatic nitrogens is 2. The number of halogens is 1. The average Bonchev–Trinajstić information content (AvgIpc) is 2.87. The smallest absolute Gasteiger partial charge is 0.311 e. The highest BCUT2D eigenvalue weighted by atomic mass is 79.9. The van der Waals surface area contributed by atoms with Crippen molar-refractivity contribution in [1.29, 1.82) is 0 Å². The molecule has 0 radical (unpaired) electrons. The minimum absolute atomic E-state index is 0.0315. The van der Waals surface area contributed by atoms with Gasteiger partial charge < -0.3 is 14.4 Å². The predicted octanol–water partition coefficient (Wildman–Crippen LogP) is 3.31. The van der Waals surface area contributed by atoms with Crippen LogP contribution in [-0.2, 0) is 9.53 Å². The summed E-state index contributed by atoms with van der Waals surface area (Å²) in [5, 5.41) is 16.4. The van der Waals surface area contributed by atoms with E-state index in [0.29, 0.717) is 48.6 Å². The molecule has 1 saturated heterocycles. The molecule has 188 valence electrons. The van der Waals surface area contributed by atoms with Crippen LogP contribution in [0.15, 0.2) is 50.8 Å². The Hall–Kier alpha value is -3.64. The van der Waals surface area contributed by atoms with Gasteiger partial charge in [-0.05, 0) is 30.3 Å². The first-order valence-corrected chi connectivity index (χ1v) is 12.1. The number of morpholine rings is 1. The second-order valence-electron chi connectivity index (χ2n) is 8.41. The lowest BCUT2D eigenvalue weighted by molar-refractivity contribution is -0.385. The molecule has 0 spiro atoms. The fourth-order valence-corrected chi connectivity index (χ4v) is 4.06. The standard InChI is InChI=1S/C24H24BrN5O6/c1-15(2)23-27-19-5-4-17(25)12-18(19)24(32)29(23)26-13-16-3-6-21(20(11-16)30(33)34)36-14-22(31)28-7-9-35-10-8-28/h3-6,11-13,15H,7-10,14H2,1-2H3. The van der Waals surface area contributed by atoms with Gasteiger partial charge in [0.1, 0.15) is 5.82 Å². The Morgan fingerprint density at radius 3 is 2.72 bits per heavy atom. The highest BCUT2D eigenvalue weighted by Gasteiger charge is 2.21. The van der Waals surface area contributed by atoms with E-state index in [2.05, 4.69) is 26.0 Å². The number of nitrogens with zero attached hydrogens (tertiary/aromatic N) is 5. The van der Waals surface area contributed by atoms with Gasteiger partial charge in [-0.1, -0.05) is 29.8 Å². The highest BCUT2D eigenvalue weighted by molar-refractivity contribution is 9.10. The summed E-state index contributed by atoms with van der Waals surface area (Å²) in [5.74, 6) is 0.0597. The van der Waals surface area contributed by atoms with Gasteiger partial charge in [-0.2, -0.15) is 9.78 Å². The lowest BCUT2D eigenvalue weighted by Gasteiger charge is -2.26. The van der Waals surface area contributed by atoms with Crippen molar-refractivity contribution >= 4 is 44.6 Å². The Morgan fingerprint density at radius 2 is 2.03 bits per heavy atom. The third kappa shape index (κ3) is 5.60. The maximum Gasteiger partial charge on any atom is 0.311 e. The molecule has 12 heteroatoms. The van der Waals surface area contributed by atoms with E-state index in [9.17, 15) is 19.7 Å². The van der Waals surface area contributed by atoms with Gasteiger partial charge >= 0.3 is 5.69 Å². The second kappa shape index (κ2) is 11.0. The van der Waals surface area contributed by atoms with Crippen LogP contribution in [0.4, 0.5) is 5.69 Å². The number of amides is 1. The molecule has 0 bridgehead atoms. The van der Waals surface area contributed by atoms with E-state index >= 15 is 0 Å². The molecule has 1 aliphatic heterocycles. The van der Waals surface area contributed by atoms with Gasteiger partial charge in [0.15, 0.2) is 12.4 Å². The van der Waals surface area contributed by atoms with Crippen LogP contribution < -0.4 is 10.3 Å². The zero-order valence-corrected chi connectivity index (χ0v) is 21.3. The third-order valence-electron chi connectivity index (χ3n) is 5.57. The van der Waals surface area contributed by atoms with Crippen LogP contribution in [0.25, 0.3) is 10.9 Å². The van der Waals surface area contributed by atoms with Crippen LogP contribution in [-0.4, -0.2) is 64.5 Å². The molecule has 1 aromatic heterocycles. The van der Waals surface area contributed by atoms with E-state index in [1.54, 1.807) is 23.1 Å². The predicted molar refractivity (Wildman–Crippen MR) is 137 cm³/mol. The Balaban J connectivity index is 1.61. The van der Waals surface area contributed by atoms with E-state index < -0.39 is 4.92 Å². The van der Waals surface area contributed by atoms with E-state index in [4.69, 9.17) is 9.47 Å². The molecule has 0 saturated carbocycles. The topological polar surface area (TPSA) is 129 Å². The van der Waals surface area contributed by atoms with Crippen molar-refractivity contribution in [3.8, 4) is 5.75 Å². The number of benzene rings is 2. The van der Waals surface area contributed by atoms with Crippen molar-refractivity contribution < 1.29 is 19.2 Å². The molecule has 11 nitrogen and oxygen atoms in total. The number of hydrogen-bond donors (Lipinski definition) is 0. The van der Waals surface area contributed by atoms with Crippen LogP contribution >= 0.6 is 15.9 Å². The summed E-state index contributed by atoms with van der Waals surface area (Å²) in [6.45, 7) is 5.29. The number of nitro benzene ring substituents is 1. The largest absolute Gasteiger partial charge is 0.477 e. The lowest BCUT2D eigenvalue weighted by Crippen LogP contribution is -2.43. The quantitative estimate of drug-likeness (QED) is 0.247. The molecule has 4 rings (SSSR count). The van der Waals surface area contributed by atoms with Crippen LogP contribution in [0.5, 0.6) is 5.75 Å². The van der Waals surface area contributed by atoms with E-state index in [1.807, 2.05) is 19.9 Å². The zero-order chi connectivity index (χ0) is 25.8. The minimum atomic E-state index is -0.591. The Kier molecular flexibility index (Phi) is 7.75. The fraction of sp³-hybridized carbons (Fsp3) is 0.333. The average molecular weight is 558 g/mol.